The minimum absolute atomic E-state index is 0.0151. The van der Waals surface area contributed by atoms with Crippen LogP contribution in [0.15, 0.2) is 30.3 Å². The topological polar surface area (TPSA) is 114 Å². The highest BCUT2D eigenvalue weighted by Crippen LogP contribution is 2.01. The Morgan fingerprint density at radius 2 is 1.80 bits per heavy atom. The summed E-state index contributed by atoms with van der Waals surface area (Å²) in [5, 5.41) is 13.9. The van der Waals surface area contributed by atoms with Crippen molar-refractivity contribution in [3.8, 4) is 0 Å². The molecule has 2 atom stereocenters. The van der Waals surface area contributed by atoms with E-state index in [1.165, 1.54) is 0 Å². The van der Waals surface area contributed by atoms with E-state index in [0.29, 0.717) is 0 Å². The zero-order valence-corrected chi connectivity index (χ0v) is 14.7. The predicted molar refractivity (Wildman–Crippen MR) is 93.1 cm³/mol. The van der Waals surface area contributed by atoms with Gasteiger partial charge in [-0.05, 0) is 12.5 Å². The zero-order chi connectivity index (χ0) is 18.7. The Morgan fingerprint density at radius 1 is 1.12 bits per heavy atom. The van der Waals surface area contributed by atoms with Gasteiger partial charge in [-0.15, -0.1) is 0 Å². The number of rotatable bonds is 9. The molecule has 1 rings (SSSR count). The SMILES string of the molecule is CCOC(=O)[C@H](CS)NC(=O)[C@H](CO)NC(=O)OCc1ccccc1. The van der Waals surface area contributed by atoms with E-state index in [1.807, 2.05) is 6.07 Å². The molecule has 0 fully saturated rings. The van der Waals surface area contributed by atoms with Gasteiger partial charge in [0.2, 0.25) is 5.91 Å². The van der Waals surface area contributed by atoms with Crippen molar-refractivity contribution in [1.29, 1.82) is 0 Å². The summed E-state index contributed by atoms with van der Waals surface area (Å²) in [6, 6.07) is 6.74. The Bertz CT molecular complexity index is 569. The Balaban J connectivity index is 2.51. The van der Waals surface area contributed by atoms with Gasteiger partial charge in [0.15, 0.2) is 0 Å². The van der Waals surface area contributed by atoms with Crippen LogP contribution >= 0.6 is 12.6 Å². The molecule has 0 aliphatic rings. The lowest BCUT2D eigenvalue weighted by Gasteiger charge is -2.20. The Hall–Kier alpha value is -2.26. The minimum atomic E-state index is -1.26. The van der Waals surface area contributed by atoms with Crippen LogP contribution in [-0.2, 0) is 25.7 Å². The molecular weight excluding hydrogens is 348 g/mol. The van der Waals surface area contributed by atoms with Crippen LogP contribution in [0.2, 0.25) is 0 Å². The molecule has 2 amide bonds. The highest BCUT2D eigenvalue weighted by atomic mass is 32.1. The fourth-order valence-corrected chi connectivity index (χ4v) is 2.04. The third-order valence-electron chi connectivity index (χ3n) is 3.07. The van der Waals surface area contributed by atoms with Crippen molar-refractivity contribution in [3.05, 3.63) is 35.9 Å². The number of hydrogen-bond acceptors (Lipinski definition) is 7. The fraction of sp³-hybridized carbons (Fsp3) is 0.438. The Labute approximate surface area is 151 Å². The van der Waals surface area contributed by atoms with E-state index in [1.54, 1.807) is 31.2 Å². The maximum Gasteiger partial charge on any atom is 0.408 e. The summed E-state index contributed by atoms with van der Waals surface area (Å²) in [6.45, 7) is 1.16. The smallest absolute Gasteiger partial charge is 0.408 e. The molecule has 8 nitrogen and oxygen atoms in total. The summed E-state index contributed by atoms with van der Waals surface area (Å²) in [5.74, 6) is -1.37. The molecular formula is C16H22N2O6S. The third kappa shape index (κ3) is 7.44. The van der Waals surface area contributed by atoms with Gasteiger partial charge in [-0.2, -0.15) is 12.6 Å². The maximum atomic E-state index is 12.1. The monoisotopic (exact) mass is 370 g/mol. The third-order valence-corrected chi connectivity index (χ3v) is 3.44. The van der Waals surface area contributed by atoms with E-state index in [4.69, 9.17) is 9.47 Å². The molecule has 0 aromatic heterocycles. The Kier molecular flexibility index (Phi) is 9.41. The number of aliphatic hydroxyl groups excluding tert-OH is 1. The second-order valence-electron chi connectivity index (χ2n) is 4.94. The van der Waals surface area contributed by atoms with Gasteiger partial charge < -0.3 is 25.2 Å². The largest absolute Gasteiger partial charge is 0.464 e. The first-order valence-corrected chi connectivity index (χ1v) is 8.31. The van der Waals surface area contributed by atoms with E-state index < -0.39 is 36.7 Å². The van der Waals surface area contributed by atoms with Crippen molar-refractivity contribution in [3.63, 3.8) is 0 Å². The van der Waals surface area contributed by atoms with Crippen molar-refractivity contribution >= 4 is 30.6 Å². The fourth-order valence-electron chi connectivity index (χ4n) is 1.80. The molecule has 0 spiro atoms. The molecule has 1 aromatic carbocycles. The van der Waals surface area contributed by atoms with Crippen LogP contribution in [-0.4, -0.2) is 54.1 Å². The van der Waals surface area contributed by atoms with Crippen LogP contribution in [0.4, 0.5) is 4.79 Å². The molecule has 0 aliphatic heterocycles. The molecule has 0 saturated carbocycles. The van der Waals surface area contributed by atoms with Gasteiger partial charge in [0, 0.05) is 5.75 Å². The summed E-state index contributed by atoms with van der Waals surface area (Å²) in [4.78, 5) is 35.5. The summed E-state index contributed by atoms with van der Waals surface area (Å²) < 4.78 is 9.78. The molecule has 1 aromatic rings. The van der Waals surface area contributed by atoms with E-state index in [2.05, 4.69) is 23.3 Å². The van der Waals surface area contributed by atoms with Crippen LogP contribution < -0.4 is 10.6 Å². The number of nitrogens with one attached hydrogen (secondary N) is 2. The van der Waals surface area contributed by atoms with E-state index in [9.17, 15) is 19.5 Å². The van der Waals surface area contributed by atoms with Gasteiger partial charge in [-0.3, -0.25) is 4.79 Å². The maximum absolute atomic E-state index is 12.1. The van der Waals surface area contributed by atoms with Crippen molar-refractivity contribution in [1.82, 2.24) is 10.6 Å². The van der Waals surface area contributed by atoms with Crippen LogP contribution in [0, 0.1) is 0 Å². The van der Waals surface area contributed by atoms with E-state index in [0.717, 1.165) is 5.56 Å². The molecule has 25 heavy (non-hydrogen) atoms. The number of esters is 1. The van der Waals surface area contributed by atoms with Crippen LogP contribution in [0.25, 0.3) is 0 Å². The molecule has 0 aliphatic carbocycles. The average molecular weight is 370 g/mol. The summed E-state index contributed by atoms with van der Waals surface area (Å²) in [6.07, 6.45) is -0.864. The van der Waals surface area contributed by atoms with Crippen molar-refractivity contribution < 1.29 is 29.0 Å². The van der Waals surface area contributed by atoms with E-state index >= 15 is 0 Å². The van der Waals surface area contributed by atoms with Crippen LogP contribution in [0.5, 0.6) is 0 Å². The second-order valence-corrected chi connectivity index (χ2v) is 5.30. The van der Waals surface area contributed by atoms with Gasteiger partial charge in [0.05, 0.1) is 13.2 Å². The molecule has 0 saturated heterocycles. The summed E-state index contributed by atoms with van der Waals surface area (Å²) >= 11 is 3.97. The number of hydrogen-bond donors (Lipinski definition) is 4. The number of alkyl carbamates (subject to hydrolysis) is 1. The number of carbonyl (C=O) groups excluding carboxylic acids is 3. The first-order valence-electron chi connectivity index (χ1n) is 7.67. The lowest BCUT2D eigenvalue weighted by atomic mass is 10.2. The summed E-state index contributed by atoms with van der Waals surface area (Å²) in [5.41, 5.74) is 0.778. The van der Waals surface area contributed by atoms with Gasteiger partial charge in [0.25, 0.3) is 0 Å². The number of benzene rings is 1. The quantitative estimate of drug-likeness (QED) is 0.366. The van der Waals surface area contributed by atoms with Crippen molar-refractivity contribution in [2.45, 2.75) is 25.6 Å². The predicted octanol–water partition coefficient (Wildman–Crippen LogP) is 0.251. The molecule has 0 radical (unpaired) electrons. The average Bonchev–Trinajstić information content (AvgIpc) is 2.63. The molecule has 138 valence electrons. The minimum Gasteiger partial charge on any atom is -0.464 e. The first-order chi connectivity index (χ1) is 12.0. The van der Waals surface area contributed by atoms with Crippen molar-refractivity contribution in [2.24, 2.45) is 0 Å². The normalized spacial score (nSPS) is 12.6. The molecule has 0 bridgehead atoms. The number of aliphatic hydroxyl groups is 1. The van der Waals surface area contributed by atoms with Crippen molar-refractivity contribution in [2.75, 3.05) is 19.0 Å². The number of amides is 2. The Morgan fingerprint density at radius 3 is 2.36 bits per heavy atom. The van der Waals surface area contributed by atoms with Gasteiger partial charge in [-0.25, -0.2) is 9.59 Å². The van der Waals surface area contributed by atoms with Gasteiger partial charge in [0.1, 0.15) is 18.7 Å². The zero-order valence-electron chi connectivity index (χ0n) is 13.8. The number of carbonyl (C=O) groups is 3. The lowest BCUT2D eigenvalue weighted by molar-refractivity contribution is -0.147. The molecule has 3 N–H and O–H groups in total. The molecule has 9 heteroatoms. The highest BCUT2D eigenvalue weighted by Gasteiger charge is 2.26. The van der Waals surface area contributed by atoms with Crippen LogP contribution in [0.3, 0.4) is 0 Å². The summed E-state index contributed by atoms with van der Waals surface area (Å²) in [7, 11) is 0. The highest BCUT2D eigenvalue weighted by molar-refractivity contribution is 7.80. The number of thiol groups is 1. The first kappa shape index (κ1) is 20.8. The molecule has 0 heterocycles. The lowest BCUT2D eigenvalue weighted by Crippen LogP contribution is -2.54. The second kappa shape index (κ2) is 11.3. The number of ether oxygens (including phenoxy) is 2. The van der Waals surface area contributed by atoms with Gasteiger partial charge >= 0.3 is 12.1 Å². The molecule has 0 unspecified atom stereocenters. The van der Waals surface area contributed by atoms with E-state index in [-0.39, 0.29) is 19.0 Å². The van der Waals surface area contributed by atoms with Crippen LogP contribution in [0.1, 0.15) is 12.5 Å². The standard InChI is InChI=1S/C16H22N2O6S/c1-2-23-15(21)13(10-25)17-14(20)12(8-19)18-16(22)24-9-11-6-4-3-5-7-11/h3-7,12-13,19,25H,2,8-10H2,1H3,(H,17,20)(H,18,22)/t12-,13-/m0/s1. The van der Waals surface area contributed by atoms with Gasteiger partial charge in [-0.1, -0.05) is 30.3 Å².